The van der Waals surface area contributed by atoms with Crippen LogP contribution in [0.1, 0.15) is 36.7 Å². The van der Waals surface area contributed by atoms with E-state index in [0.717, 1.165) is 0 Å². The van der Waals surface area contributed by atoms with E-state index < -0.39 is 64.8 Å². The molecule has 7 nitrogen and oxygen atoms in total. The predicted molar refractivity (Wildman–Crippen MR) is 103 cm³/mol. The Kier molecular flexibility index (Phi) is 7.96. The molecule has 0 unspecified atom stereocenters. The van der Waals surface area contributed by atoms with Crippen molar-refractivity contribution in [2.45, 2.75) is 33.0 Å². The number of hydrogen-bond acceptors (Lipinski definition) is 5. The zero-order chi connectivity index (χ0) is 24.9. The van der Waals surface area contributed by atoms with Crippen LogP contribution in [0.4, 0.5) is 26.7 Å². The number of hydrogen-bond donors (Lipinski definition) is 1. The van der Waals surface area contributed by atoms with E-state index in [4.69, 9.17) is 9.47 Å². The molecule has 12 heteroatoms. The maximum atomic E-state index is 14.1. The van der Waals surface area contributed by atoms with Gasteiger partial charge < -0.3 is 9.47 Å². The van der Waals surface area contributed by atoms with Gasteiger partial charge in [0.1, 0.15) is 24.3 Å². The molecule has 1 N–H and O–H groups in total. The number of halogens is 5. The van der Waals surface area contributed by atoms with Gasteiger partial charge in [-0.15, -0.1) is 0 Å². The zero-order valence-corrected chi connectivity index (χ0v) is 17.7. The van der Waals surface area contributed by atoms with Crippen LogP contribution in [0, 0.1) is 29.1 Å². The molecule has 0 saturated heterocycles. The maximum Gasteiger partial charge on any atom is 0.426 e. The first-order valence-corrected chi connectivity index (χ1v) is 9.34. The second-order valence-corrected chi connectivity index (χ2v) is 7.60. The third kappa shape index (κ3) is 6.64. The number of ether oxygens (including phenoxy) is 2. The molecule has 0 aliphatic carbocycles. The Morgan fingerprint density at radius 3 is 1.91 bits per heavy atom. The van der Waals surface area contributed by atoms with Gasteiger partial charge in [0.05, 0.1) is 0 Å². The molecule has 0 spiro atoms. The van der Waals surface area contributed by atoms with Crippen LogP contribution >= 0.6 is 0 Å². The summed E-state index contributed by atoms with van der Waals surface area (Å²) in [5, 5.41) is 0.0275. The summed E-state index contributed by atoms with van der Waals surface area (Å²) in [7, 11) is 0. The van der Waals surface area contributed by atoms with Crippen molar-refractivity contribution in [2.75, 3.05) is 6.54 Å². The lowest BCUT2D eigenvalue weighted by atomic mass is 10.1. The molecule has 0 radical (unpaired) electrons. The molecule has 0 atom stereocenters. The minimum Gasteiger partial charge on any atom is -0.459 e. The number of hydrazine groups is 1. The Morgan fingerprint density at radius 1 is 0.879 bits per heavy atom. The lowest BCUT2D eigenvalue weighted by Crippen LogP contribution is -2.51. The number of rotatable bonds is 5. The Labute approximate surface area is 185 Å². The number of carbonyl (C=O) groups is 3. The molecule has 2 amide bonds. The fourth-order valence-corrected chi connectivity index (χ4v) is 2.41. The van der Waals surface area contributed by atoms with Crippen LogP contribution in [0.25, 0.3) is 0 Å². The normalized spacial score (nSPS) is 11.0. The number of esters is 1. The summed E-state index contributed by atoms with van der Waals surface area (Å²) in [6, 6.07) is 8.26. The number of nitrogens with one attached hydrogen (secondary N) is 1. The Hall–Kier alpha value is -3.70. The predicted octanol–water partition coefficient (Wildman–Crippen LogP) is 4.01. The number of benzene rings is 2. The van der Waals surface area contributed by atoms with Crippen molar-refractivity contribution in [2.24, 2.45) is 0 Å². The van der Waals surface area contributed by atoms with Gasteiger partial charge in [-0.3, -0.25) is 9.59 Å². The molecule has 0 fully saturated rings. The highest BCUT2D eigenvalue weighted by Crippen LogP contribution is 2.24. The van der Waals surface area contributed by atoms with Crippen LogP contribution in [0.5, 0.6) is 0 Å². The fourth-order valence-electron chi connectivity index (χ4n) is 2.41. The number of nitrogens with zero attached hydrogens (tertiary/aromatic N) is 1. The molecule has 2 aromatic rings. The van der Waals surface area contributed by atoms with Crippen LogP contribution in [0.2, 0.25) is 0 Å². The second-order valence-electron chi connectivity index (χ2n) is 7.60. The van der Waals surface area contributed by atoms with E-state index in [0.29, 0.717) is 5.56 Å². The molecule has 0 heterocycles. The van der Waals surface area contributed by atoms with Crippen molar-refractivity contribution < 1.29 is 45.8 Å². The van der Waals surface area contributed by atoms with Crippen molar-refractivity contribution in [3.63, 3.8) is 0 Å². The van der Waals surface area contributed by atoms with Crippen molar-refractivity contribution >= 4 is 18.0 Å². The highest BCUT2D eigenvalue weighted by molar-refractivity contribution is 5.97. The summed E-state index contributed by atoms with van der Waals surface area (Å²) in [5.74, 6) is -15.2. The minimum atomic E-state index is -2.48. The highest BCUT2D eigenvalue weighted by atomic mass is 19.2. The maximum absolute atomic E-state index is 14.1. The first-order valence-electron chi connectivity index (χ1n) is 9.34. The summed E-state index contributed by atoms with van der Waals surface area (Å²) in [6.45, 7) is 2.98. The number of amides is 2. The van der Waals surface area contributed by atoms with Crippen molar-refractivity contribution in [1.82, 2.24) is 10.4 Å². The van der Waals surface area contributed by atoms with E-state index in [9.17, 15) is 36.3 Å². The summed E-state index contributed by atoms with van der Waals surface area (Å²) in [4.78, 5) is 36.9. The molecule has 178 valence electrons. The topological polar surface area (TPSA) is 84.9 Å². The molecule has 2 aromatic carbocycles. The van der Waals surface area contributed by atoms with E-state index in [1.165, 1.54) is 20.8 Å². The Bertz CT molecular complexity index is 1030. The lowest BCUT2D eigenvalue weighted by molar-refractivity contribution is -0.146. The fraction of sp³-hybridized carbons (Fsp3) is 0.286. The summed E-state index contributed by atoms with van der Waals surface area (Å²) >= 11 is 0. The molecular formula is C21H19F5N2O5. The van der Waals surface area contributed by atoms with Crippen molar-refractivity contribution in [3.05, 3.63) is 70.5 Å². The molecule has 0 aromatic heterocycles. The van der Waals surface area contributed by atoms with Crippen molar-refractivity contribution in [1.29, 1.82) is 0 Å². The van der Waals surface area contributed by atoms with Crippen LogP contribution < -0.4 is 5.43 Å². The molecule has 0 bridgehead atoms. The molecule has 0 saturated carbocycles. The molecule has 33 heavy (non-hydrogen) atoms. The van der Waals surface area contributed by atoms with Crippen LogP contribution in [-0.2, 0) is 20.9 Å². The second kappa shape index (κ2) is 10.3. The van der Waals surface area contributed by atoms with Gasteiger partial charge in [-0.05, 0) is 26.3 Å². The first kappa shape index (κ1) is 25.6. The molecule has 0 aliphatic rings. The van der Waals surface area contributed by atoms with Gasteiger partial charge in [-0.25, -0.2) is 37.2 Å². The third-order valence-electron chi connectivity index (χ3n) is 3.82. The van der Waals surface area contributed by atoms with Crippen LogP contribution in [0.15, 0.2) is 30.3 Å². The average molecular weight is 474 g/mol. The van der Waals surface area contributed by atoms with E-state index in [-0.39, 0.29) is 11.6 Å². The number of carbonyl (C=O) groups excluding carboxylic acids is 3. The third-order valence-corrected chi connectivity index (χ3v) is 3.82. The smallest absolute Gasteiger partial charge is 0.426 e. The molecule has 0 aliphatic heterocycles. The highest BCUT2D eigenvalue weighted by Gasteiger charge is 2.34. The minimum absolute atomic E-state index is 0.0275. The van der Waals surface area contributed by atoms with Gasteiger partial charge in [0, 0.05) is 0 Å². The van der Waals surface area contributed by atoms with Gasteiger partial charge in [0.25, 0.3) is 5.91 Å². The van der Waals surface area contributed by atoms with Gasteiger partial charge in [0.2, 0.25) is 5.82 Å². The van der Waals surface area contributed by atoms with Gasteiger partial charge in [-0.1, -0.05) is 30.3 Å². The van der Waals surface area contributed by atoms with E-state index in [1.807, 2.05) is 0 Å². The molecule has 2 rings (SSSR count). The zero-order valence-electron chi connectivity index (χ0n) is 17.7. The quantitative estimate of drug-likeness (QED) is 0.233. The summed E-state index contributed by atoms with van der Waals surface area (Å²) in [6.07, 6.45) is -1.34. The van der Waals surface area contributed by atoms with Gasteiger partial charge in [-0.2, -0.15) is 0 Å². The Balaban J connectivity index is 2.31. The monoisotopic (exact) mass is 474 g/mol. The van der Waals surface area contributed by atoms with E-state index in [1.54, 1.807) is 35.8 Å². The van der Waals surface area contributed by atoms with Gasteiger partial charge in [0.15, 0.2) is 23.3 Å². The van der Waals surface area contributed by atoms with E-state index >= 15 is 0 Å². The molecular weight excluding hydrogens is 455 g/mol. The first-order chi connectivity index (χ1) is 15.3. The lowest BCUT2D eigenvalue weighted by Gasteiger charge is -2.26. The summed E-state index contributed by atoms with van der Waals surface area (Å²) in [5.41, 5.74) is -0.645. The van der Waals surface area contributed by atoms with Crippen molar-refractivity contribution in [3.8, 4) is 0 Å². The van der Waals surface area contributed by atoms with Crippen LogP contribution in [-0.4, -0.2) is 35.1 Å². The summed E-state index contributed by atoms with van der Waals surface area (Å²) < 4.78 is 78.4. The Morgan fingerprint density at radius 2 is 1.39 bits per heavy atom. The largest absolute Gasteiger partial charge is 0.459 e. The average Bonchev–Trinajstić information content (AvgIpc) is 2.74. The SMILES string of the molecule is CC(C)(C)OC(=O)NN(CC(=O)OCc1ccccc1)C(=O)c1c(F)c(F)c(F)c(F)c1F. The van der Waals surface area contributed by atoms with E-state index in [2.05, 4.69) is 0 Å². The van der Waals surface area contributed by atoms with Gasteiger partial charge >= 0.3 is 12.1 Å². The standard InChI is InChI=1S/C21H19F5N2O5/c1-21(2,3)33-20(31)27-28(9-12(29)32-10-11-7-5-4-6-8-11)19(30)13-14(22)16(24)18(26)17(25)15(13)23/h4-8H,9-10H2,1-3H3,(H,27,31). The van der Waals surface area contributed by atoms with Crippen LogP contribution in [0.3, 0.4) is 0 Å².